The fraction of sp³-hybridized carbons (Fsp3) is 0.316. The highest BCUT2D eigenvalue weighted by atomic mass is 16.1. The van der Waals surface area contributed by atoms with Gasteiger partial charge < -0.3 is 4.90 Å². The number of hydrogen-bond donors (Lipinski definition) is 0. The van der Waals surface area contributed by atoms with Crippen LogP contribution >= 0.6 is 0 Å². The molecule has 1 fully saturated rings. The van der Waals surface area contributed by atoms with Crippen LogP contribution in [0.4, 0.5) is 0 Å². The summed E-state index contributed by atoms with van der Waals surface area (Å²) >= 11 is 0. The predicted molar refractivity (Wildman–Crippen MR) is 86.3 cm³/mol. The highest BCUT2D eigenvalue weighted by Gasteiger charge is 2.15. The summed E-state index contributed by atoms with van der Waals surface area (Å²) < 4.78 is 0. The lowest BCUT2D eigenvalue weighted by Crippen LogP contribution is -2.35. The van der Waals surface area contributed by atoms with E-state index in [9.17, 15) is 4.79 Å². The lowest BCUT2D eigenvalue weighted by Gasteiger charge is -2.25. The molecular formula is C19H21NO. The molecule has 1 heterocycles. The van der Waals surface area contributed by atoms with Crippen LogP contribution in [0.5, 0.6) is 0 Å². The number of ketones is 1. The summed E-state index contributed by atoms with van der Waals surface area (Å²) in [5.41, 5.74) is 3.90. The lowest BCUT2D eigenvalue weighted by atomic mass is 10.0. The summed E-state index contributed by atoms with van der Waals surface area (Å²) in [4.78, 5) is 13.6. The molecule has 0 spiro atoms. The quantitative estimate of drug-likeness (QED) is 0.853. The maximum absolute atomic E-state index is 11.2. The molecular weight excluding hydrogens is 258 g/mol. The van der Waals surface area contributed by atoms with Crippen LogP contribution in [0.25, 0.3) is 11.1 Å². The third kappa shape index (κ3) is 3.79. The van der Waals surface area contributed by atoms with Gasteiger partial charge in [0.25, 0.3) is 0 Å². The van der Waals surface area contributed by atoms with Gasteiger partial charge in [0.05, 0.1) is 0 Å². The van der Waals surface area contributed by atoms with Crippen LogP contribution in [0.3, 0.4) is 0 Å². The van der Waals surface area contributed by atoms with Gasteiger partial charge >= 0.3 is 0 Å². The number of carbonyl (C=O) groups excluding carboxylic acids is 1. The second-order valence-corrected chi connectivity index (χ2v) is 5.69. The summed E-state index contributed by atoms with van der Waals surface area (Å²) in [5, 5.41) is 0. The minimum atomic E-state index is 0.415. The van der Waals surface area contributed by atoms with Crippen LogP contribution in [0.2, 0.25) is 0 Å². The standard InChI is InChI=1S/C19H21NO/c21-19-11-14-20(15-12-19)13-10-16-6-8-18(9-7-16)17-4-2-1-3-5-17/h1-9H,10-15H2. The average molecular weight is 279 g/mol. The first-order valence-electron chi connectivity index (χ1n) is 7.70. The summed E-state index contributed by atoms with van der Waals surface area (Å²) in [6.07, 6.45) is 2.52. The zero-order valence-electron chi connectivity index (χ0n) is 12.3. The van der Waals surface area contributed by atoms with Crippen molar-refractivity contribution in [2.45, 2.75) is 19.3 Å². The Balaban J connectivity index is 1.56. The van der Waals surface area contributed by atoms with E-state index >= 15 is 0 Å². The SMILES string of the molecule is O=C1CCN(CCc2ccc(-c3ccccc3)cc2)CC1. The average Bonchev–Trinajstić information content (AvgIpc) is 2.56. The molecule has 0 aromatic heterocycles. The highest BCUT2D eigenvalue weighted by molar-refractivity contribution is 5.79. The normalized spacial score (nSPS) is 16.1. The Bertz CT molecular complexity index is 579. The van der Waals surface area contributed by atoms with Gasteiger partial charge in [-0.05, 0) is 23.1 Å². The number of Topliss-reactive ketones (excluding diaryl/α,β-unsaturated/α-hetero) is 1. The monoisotopic (exact) mass is 279 g/mol. The Kier molecular flexibility index (Phi) is 4.46. The van der Waals surface area contributed by atoms with Crippen LogP contribution < -0.4 is 0 Å². The number of nitrogens with zero attached hydrogens (tertiary/aromatic N) is 1. The topological polar surface area (TPSA) is 20.3 Å². The third-order valence-corrected chi connectivity index (χ3v) is 4.19. The van der Waals surface area contributed by atoms with Crippen LogP contribution in [-0.4, -0.2) is 30.3 Å². The van der Waals surface area contributed by atoms with E-state index in [0.717, 1.165) is 38.9 Å². The van der Waals surface area contributed by atoms with Gasteiger partial charge in [0.15, 0.2) is 0 Å². The van der Waals surface area contributed by atoms with Crippen molar-refractivity contribution in [3.05, 3.63) is 60.2 Å². The second kappa shape index (κ2) is 6.68. The maximum Gasteiger partial charge on any atom is 0.135 e. The van der Waals surface area contributed by atoms with Gasteiger partial charge in [0, 0.05) is 32.5 Å². The van der Waals surface area contributed by atoms with Crippen molar-refractivity contribution in [1.29, 1.82) is 0 Å². The van der Waals surface area contributed by atoms with Gasteiger partial charge in [-0.3, -0.25) is 4.79 Å². The molecule has 1 saturated heterocycles. The molecule has 2 nitrogen and oxygen atoms in total. The van der Waals surface area contributed by atoms with Gasteiger partial charge in [-0.2, -0.15) is 0 Å². The second-order valence-electron chi connectivity index (χ2n) is 5.69. The molecule has 108 valence electrons. The van der Waals surface area contributed by atoms with Crippen molar-refractivity contribution in [3.63, 3.8) is 0 Å². The molecule has 2 aromatic rings. The summed E-state index contributed by atoms with van der Waals surface area (Å²) in [5.74, 6) is 0.415. The molecule has 0 saturated carbocycles. The smallest absolute Gasteiger partial charge is 0.135 e. The van der Waals surface area contributed by atoms with Crippen LogP contribution in [0.1, 0.15) is 18.4 Å². The molecule has 0 radical (unpaired) electrons. The van der Waals surface area contributed by atoms with E-state index in [1.54, 1.807) is 0 Å². The summed E-state index contributed by atoms with van der Waals surface area (Å²) in [7, 11) is 0. The number of rotatable bonds is 4. The van der Waals surface area contributed by atoms with E-state index in [-0.39, 0.29) is 0 Å². The molecule has 3 rings (SSSR count). The molecule has 2 heteroatoms. The molecule has 0 atom stereocenters. The van der Waals surface area contributed by atoms with Crippen molar-refractivity contribution < 1.29 is 4.79 Å². The van der Waals surface area contributed by atoms with Gasteiger partial charge in [-0.15, -0.1) is 0 Å². The fourth-order valence-corrected chi connectivity index (χ4v) is 2.81. The zero-order valence-corrected chi connectivity index (χ0v) is 12.3. The Hall–Kier alpha value is -1.93. The number of benzene rings is 2. The first-order valence-corrected chi connectivity index (χ1v) is 7.70. The molecule has 0 N–H and O–H groups in total. The molecule has 2 aromatic carbocycles. The van der Waals surface area contributed by atoms with Gasteiger partial charge in [-0.1, -0.05) is 54.6 Å². The first kappa shape index (κ1) is 14.0. The molecule has 1 aliphatic rings. The van der Waals surface area contributed by atoms with Gasteiger partial charge in [0.2, 0.25) is 0 Å². The van der Waals surface area contributed by atoms with Crippen LogP contribution in [0.15, 0.2) is 54.6 Å². The van der Waals surface area contributed by atoms with Crippen molar-refractivity contribution >= 4 is 5.78 Å². The van der Waals surface area contributed by atoms with E-state index in [4.69, 9.17) is 0 Å². The van der Waals surface area contributed by atoms with E-state index in [0.29, 0.717) is 5.78 Å². The zero-order chi connectivity index (χ0) is 14.5. The van der Waals surface area contributed by atoms with E-state index in [2.05, 4.69) is 53.4 Å². The van der Waals surface area contributed by atoms with Gasteiger partial charge in [-0.25, -0.2) is 0 Å². The van der Waals surface area contributed by atoms with Crippen molar-refractivity contribution in [1.82, 2.24) is 4.90 Å². The number of carbonyl (C=O) groups is 1. The summed E-state index contributed by atoms with van der Waals surface area (Å²) in [6, 6.07) is 19.3. The Morgan fingerprint density at radius 3 is 2.10 bits per heavy atom. The minimum Gasteiger partial charge on any atom is -0.302 e. The third-order valence-electron chi connectivity index (χ3n) is 4.19. The molecule has 1 aliphatic heterocycles. The van der Waals surface area contributed by atoms with Crippen molar-refractivity contribution in [2.24, 2.45) is 0 Å². The van der Waals surface area contributed by atoms with Crippen LogP contribution in [0, 0.1) is 0 Å². The summed E-state index contributed by atoms with van der Waals surface area (Å²) in [6.45, 7) is 2.92. The van der Waals surface area contributed by atoms with Gasteiger partial charge in [0.1, 0.15) is 5.78 Å². The molecule has 0 aliphatic carbocycles. The predicted octanol–water partition coefficient (Wildman–Crippen LogP) is 3.56. The minimum absolute atomic E-state index is 0.415. The van der Waals surface area contributed by atoms with Crippen LogP contribution in [-0.2, 0) is 11.2 Å². The number of hydrogen-bond acceptors (Lipinski definition) is 2. The maximum atomic E-state index is 11.2. The lowest BCUT2D eigenvalue weighted by molar-refractivity contribution is -0.121. The number of piperidine rings is 1. The van der Waals surface area contributed by atoms with E-state index in [1.807, 2.05) is 6.07 Å². The van der Waals surface area contributed by atoms with E-state index in [1.165, 1.54) is 16.7 Å². The highest BCUT2D eigenvalue weighted by Crippen LogP contribution is 2.19. The number of likely N-dealkylation sites (tertiary alicyclic amines) is 1. The first-order chi connectivity index (χ1) is 10.3. The molecule has 0 bridgehead atoms. The fourth-order valence-electron chi connectivity index (χ4n) is 2.81. The Morgan fingerprint density at radius 2 is 1.43 bits per heavy atom. The van der Waals surface area contributed by atoms with Crippen molar-refractivity contribution in [2.75, 3.05) is 19.6 Å². The molecule has 0 unspecified atom stereocenters. The Labute approximate surface area is 126 Å². The largest absolute Gasteiger partial charge is 0.302 e. The van der Waals surface area contributed by atoms with Crippen molar-refractivity contribution in [3.8, 4) is 11.1 Å². The van der Waals surface area contributed by atoms with E-state index < -0.39 is 0 Å². The molecule has 21 heavy (non-hydrogen) atoms. The Morgan fingerprint density at radius 1 is 0.810 bits per heavy atom. The molecule has 0 amide bonds.